The van der Waals surface area contributed by atoms with Crippen LogP contribution in [0.4, 0.5) is 0 Å². The van der Waals surface area contributed by atoms with Gasteiger partial charge in [0.15, 0.2) is 0 Å². The van der Waals surface area contributed by atoms with Crippen LogP contribution in [-0.2, 0) is 23.2 Å². The fourth-order valence-electron chi connectivity index (χ4n) is 1.42. The van der Waals surface area contributed by atoms with Crippen molar-refractivity contribution in [3.05, 3.63) is 17.7 Å². The van der Waals surface area contributed by atoms with Crippen molar-refractivity contribution in [1.82, 2.24) is 13.3 Å². The van der Waals surface area contributed by atoms with Crippen LogP contribution in [0.1, 0.15) is 17.8 Å². The average molecular weight is 335 g/mol. The van der Waals surface area contributed by atoms with Crippen molar-refractivity contribution in [3.8, 4) is 0 Å². The maximum atomic E-state index is 12.0. The normalized spacial score (nSPS) is 11.0. The molecule has 19 heavy (non-hydrogen) atoms. The molecule has 0 atom stereocenters. The molecule has 3 N–H and O–H groups in total. The summed E-state index contributed by atoms with van der Waals surface area (Å²) in [7, 11) is -0.701. The second kappa shape index (κ2) is 8.72. The lowest BCUT2D eigenvalue weighted by Crippen LogP contribution is -2.29. The van der Waals surface area contributed by atoms with Gasteiger partial charge in [0.25, 0.3) is 0 Å². The number of hydrogen-bond donors (Lipinski definition) is 2. The summed E-state index contributed by atoms with van der Waals surface area (Å²) in [4.78, 5) is 3.90. The molecule has 0 spiro atoms. The molecule has 1 aromatic heterocycles. The summed E-state index contributed by atoms with van der Waals surface area (Å²) >= 11 is 0. The summed E-state index contributed by atoms with van der Waals surface area (Å²) in [6.07, 6.45) is 2.33. The van der Waals surface area contributed by atoms with Crippen molar-refractivity contribution in [1.29, 1.82) is 0 Å². The number of nitrogens with zero attached hydrogens (tertiary/aromatic N) is 3. The third-order valence-electron chi connectivity index (χ3n) is 2.40. The van der Waals surface area contributed by atoms with Gasteiger partial charge in [-0.15, -0.1) is 24.8 Å². The highest BCUT2D eigenvalue weighted by molar-refractivity contribution is 7.87. The summed E-state index contributed by atoms with van der Waals surface area (Å²) in [5.41, 5.74) is 6.27. The van der Waals surface area contributed by atoms with E-state index in [1.54, 1.807) is 0 Å². The molecule has 0 bridgehead atoms. The summed E-state index contributed by atoms with van der Waals surface area (Å²) in [5.74, 6) is 0. The lowest BCUT2D eigenvalue weighted by atomic mass is 10.2. The number of aromatic nitrogens is 2. The number of imidazole rings is 1. The molecule has 0 amide bonds. The molecule has 0 saturated heterocycles. The van der Waals surface area contributed by atoms with Crippen LogP contribution in [-0.4, -0.2) is 47.4 Å². The Labute approximate surface area is 125 Å². The van der Waals surface area contributed by atoms with Gasteiger partial charge in [-0.3, -0.25) is 0 Å². The van der Waals surface area contributed by atoms with Gasteiger partial charge in [-0.25, -0.2) is 8.96 Å². The molecule has 0 unspecified atom stereocenters. The predicted octanol–water partition coefficient (Wildman–Crippen LogP) is -0.235. The molecule has 0 aliphatic heterocycles. The number of rotatable bonds is 6. The minimum absolute atomic E-state index is 0. The van der Waals surface area contributed by atoms with Crippen molar-refractivity contribution in [2.45, 2.75) is 19.4 Å². The predicted molar refractivity (Wildman–Crippen MR) is 78.0 cm³/mol. The fraction of sp³-hybridized carbons (Fsp3) is 0.667. The van der Waals surface area contributed by atoms with E-state index in [0.717, 1.165) is 8.28 Å². The van der Waals surface area contributed by atoms with Crippen molar-refractivity contribution < 1.29 is 13.5 Å². The van der Waals surface area contributed by atoms with Crippen LogP contribution in [0.3, 0.4) is 0 Å². The molecular weight excluding hydrogens is 315 g/mol. The van der Waals surface area contributed by atoms with Gasteiger partial charge in [0.2, 0.25) is 0 Å². The van der Waals surface area contributed by atoms with Gasteiger partial charge in [-0.05, 0) is 19.4 Å². The molecule has 0 saturated carbocycles. The van der Waals surface area contributed by atoms with Gasteiger partial charge >= 0.3 is 10.2 Å². The highest BCUT2D eigenvalue weighted by atomic mass is 35.5. The van der Waals surface area contributed by atoms with Gasteiger partial charge in [-0.1, -0.05) is 0 Å². The minimum atomic E-state index is -3.59. The largest absolute Gasteiger partial charge is 0.390 e. The Morgan fingerprint density at radius 3 is 2.42 bits per heavy atom. The molecule has 0 aromatic carbocycles. The Balaban J connectivity index is 0. The van der Waals surface area contributed by atoms with Crippen LogP contribution in [0.2, 0.25) is 0 Å². The topological polar surface area (TPSA) is 101 Å². The van der Waals surface area contributed by atoms with Crippen molar-refractivity contribution in [2.75, 3.05) is 20.6 Å². The van der Waals surface area contributed by atoms with Crippen molar-refractivity contribution in [2.24, 2.45) is 5.73 Å². The van der Waals surface area contributed by atoms with Crippen LogP contribution >= 0.6 is 24.8 Å². The van der Waals surface area contributed by atoms with E-state index < -0.39 is 10.2 Å². The smallest absolute Gasteiger partial charge is 0.308 e. The molecule has 1 aromatic rings. The van der Waals surface area contributed by atoms with E-state index in [2.05, 4.69) is 4.98 Å². The SMILES string of the molecule is CN(C)S(=O)(=O)n1cnc(CO)c1CCCN.Cl.Cl. The van der Waals surface area contributed by atoms with Gasteiger partial charge in [-0.2, -0.15) is 12.7 Å². The van der Waals surface area contributed by atoms with Crippen LogP contribution in [0, 0.1) is 0 Å². The zero-order valence-corrected chi connectivity index (χ0v) is 13.3. The highest BCUT2D eigenvalue weighted by Crippen LogP contribution is 2.14. The van der Waals surface area contributed by atoms with E-state index in [1.807, 2.05) is 0 Å². The number of aliphatic hydroxyl groups excluding tert-OH is 1. The Bertz CT molecular complexity index is 476. The number of nitrogens with two attached hydrogens (primary N) is 1. The standard InChI is InChI=1S/C9H18N4O3S.2ClH/c1-12(2)17(15,16)13-7-11-8(6-14)9(13)4-3-5-10;;/h7,14H,3-6,10H2,1-2H3;2*1H. The van der Waals surface area contributed by atoms with E-state index in [9.17, 15) is 8.42 Å². The van der Waals surface area contributed by atoms with E-state index in [0.29, 0.717) is 30.8 Å². The van der Waals surface area contributed by atoms with Crippen LogP contribution in [0.5, 0.6) is 0 Å². The summed E-state index contributed by atoms with van der Waals surface area (Å²) in [6.45, 7) is 0.175. The second-order valence-corrected chi connectivity index (χ2v) is 5.79. The summed E-state index contributed by atoms with van der Waals surface area (Å²) in [5, 5.41) is 9.12. The number of aliphatic hydroxyl groups is 1. The first kappa shape index (κ1) is 20.9. The van der Waals surface area contributed by atoms with Gasteiger partial charge in [0.05, 0.1) is 18.0 Å². The fourth-order valence-corrected chi connectivity index (χ4v) is 2.42. The zero-order chi connectivity index (χ0) is 13.1. The molecule has 0 aliphatic carbocycles. The maximum Gasteiger partial charge on any atom is 0.308 e. The van der Waals surface area contributed by atoms with E-state index in [4.69, 9.17) is 10.8 Å². The Morgan fingerprint density at radius 2 is 2.00 bits per heavy atom. The Hall–Kier alpha value is -0.380. The molecule has 7 nitrogen and oxygen atoms in total. The first-order valence-electron chi connectivity index (χ1n) is 5.24. The van der Waals surface area contributed by atoms with Gasteiger partial charge < -0.3 is 10.8 Å². The molecule has 0 fully saturated rings. The van der Waals surface area contributed by atoms with Crippen LogP contribution < -0.4 is 5.73 Å². The molecule has 0 aliphatic rings. The highest BCUT2D eigenvalue weighted by Gasteiger charge is 2.22. The van der Waals surface area contributed by atoms with Crippen LogP contribution in [0.15, 0.2) is 6.33 Å². The van der Waals surface area contributed by atoms with E-state index in [1.165, 1.54) is 20.4 Å². The molecule has 1 heterocycles. The maximum absolute atomic E-state index is 12.0. The lowest BCUT2D eigenvalue weighted by molar-refractivity contribution is 0.276. The Morgan fingerprint density at radius 1 is 1.42 bits per heavy atom. The first-order valence-corrected chi connectivity index (χ1v) is 6.64. The molecule has 0 radical (unpaired) electrons. The Kier molecular flexibility index (Phi) is 9.61. The first-order chi connectivity index (χ1) is 7.95. The molecule has 1 rings (SSSR count). The average Bonchev–Trinajstić information content (AvgIpc) is 2.69. The second-order valence-electron chi connectivity index (χ2n) is 3.77. The van der Waals surface area contributed by atoms with E-state index >= 15 is 0 Å². The van der Waals surface area contributed by atoms with Crippen LogP contribution in [0.25, 0.3) is 0 Å². The lowest BCUT2D eigenvalue weighted by Gasteiger charge is -2.14. The third-order valence-corrected chi connectivity index (χ3v) is 4.13. The molecule has 10 heteroatoms. The summed E-state index contributed by atoms with van der Waals surface area (Å²) < 4.78 is 26.2. The molecule has 114 valence electrons. The van der Waals surface area contributed by atoms with Crippen molar-refractivity contribution >= 4 is 35.0 Å². The third kappa shape index (κ3) is 4.59. The van der Waals surface area contributed by atoms with E-state index in [-0.39, 0.29) is 31.4 Å². The number of halogens is 2. The van der Waals surface area contributed by atoms with Gasteiger partial charge in [0.1, 0.15) is 6.33 Å². The van der Waals surface area contributed by atoms with Crippen molar-refractivity contribution in [3.63, 3.8) is 0 Å². The summed E-state index contributed by atoms with van der Waals surface area (Å²) in [6, 6.07) is 0. The number of hydrogen-bond acceptors (Lipinski definition) is 5. The minimum Gasteiger partial charge on any atom is -0.390 e. The monoisotopic (exact) mass is 334 g/mol. The molecular formula is C9H20Cl2N4O3S. The zero-order valence-electron chi connectivity index (χ0n) is 10.8. The quantitative estimate of drug-likeness (QED) is 0.747. The van der Waals surface area contributed by atoms with Gasteiger partial charge in [0, 0.05) is 14.1 Å².